The minimum absolute atomic E-state index is 0.226. The Morgan fingerprint density at radius 3 is 2.16 bits per heavy atom. The molecule has 1 aromatic carbocycles. The van der Waals surface area contributed by atoms with Gasteiger partial charge in [0.2, 0.25) is 0 Å². The first-order valence-corrected chi connectivity index (χ1v) is 12.9. The summed E-state index contributed by atoms with van der Waals surface area (Å²) < 4.78 is 19.7. The topological polar surface area (TPSA) is 32.8 Å². The van der Waals surface area contributed by atoms with Gasteiger partial charge in [0.1, 0.15) is 0 Å². The van der Waals surface area contributed by atoms with E-state index in [9.17, 15) is 9.18 Å². The SMILES string of the molecule is O=C(N1CC2(CCC(N3CCC(c4ccccc4C4CCOCC4)CC3)C2)C1)C1(F)CC1. The fourth-order valence-electron chi connectivity index (χ4n) is 7.13. The Bertz CT molecular complexity index is 849. The zero-order valence-electron chi connectivity index (χ0n) is 19.2. The van der Waals surface area contributed by atoms with E-state index in [0.29, 0.717) is 30.7 Å². The highest BCUT2D eigenvalue weighted by atomic mass is 19.1. The van der Waals surface area contributed by atoms with Crippen molar-refractivity contribution in [3.05, 3.63) is 35.4 Å². The molecule has 5 heteroatoms. The highest BCUT2D eigenvalue weighted by molar-refractivity contribution is 5.88. The number of benzene rings is 1. The second-order valence-corrected chi connectivity index (χ2v) is 11.3. The van der Waals surface area contributed by atoms with E-state index in [4.69, 9.17) is 4.74 Å². The van der Waals surface area contributed by atoms with Crippen LogP contribution in [0.1, 0.15) is 80.8 Å². The molecule has 3 aliphatic heterocycles. The number of carbonyl (C=O) groups excluding carboxylic acids is 1. The molecule has 1 amide bonds. The second kappa shape index (κ2) is 8.09. The molecule has 1 aromatic rings. The number of ether oxygens (including phenoxy) is 1. The van der Waals surface area contributed by atoms with Crippen LogP contribution >= 0.6 is 0 Å². The lowest BCUT2D eigenvalue weighted by Gasteiger charge is -2.49. The van der Waals surface area contributed by atoms with Gasteiger partial charge in [0.15, 0.2) is 5.67 Å². The van der Waals surface area contributed by atoms with E-state index >= 15 is 0 Å². The molecule has 0 radical (unpaired) electrons. The molecule has 6 rings (SSSR count). The number of halogens is 1. The molecule has 174 valence electrons. The molecule has 1 spiro atoms. The van der Waals surface area contributed by atoms with Crippen LogP contribution in [-0.2, 0) is 9.53 Å². The maximum Gasteiger partial charge on any atom is 0.260 e. The van der Waals surface area contributed by atoms with Crippen molar-refractivity contribution in [1.82, 2.24) is 9.80 Å². The number of likely N-dealkylation sites (tertiary alicyclic amines) is 2. The minimum Gasteiger partial charge on any atom is -0.381 e. The summed E-state index contributed by atoms with van der Waals surface area (Å²) in [4.78, 5) is 16.8. The van der Waals surface area contributed by atoms with Gasteiger partial charge in [-0.2, -0.15) is 0 Å². The largest absolute Gasteiger partial charge is 0.381 e. The van der Waals surface area contributed by atoms with Crippen molar-refractivity contribution in [2.24, 2.45) is 5.41 Å². The van der Waals surface area contributed by atoms with Crippen LogP contribution < -0.4 is 0 Å². The zero-order valence-corrected chi connectivity index (χ0v) is 19.2. The van der Waals surface area contributed by atoms with Gasteiger partial charge in [0, 0.05) is 37.8 Å². The van der Waals surface area contributed by atoms with Gasteiger partial charge in [-0.1, -0.05) is 24.3 Å². The third-order valence-corrected chi connectivity index (χ3v) is 9.23. The van der Waals surface area contributed by atoms with Gasteiger partial charge in [-0.3, -0.25) is 4.79 Å². The highest BCUT2D eigenvalue weighted by Crippen LogP contribution is 2.51. The molecule has 5 aliphatic rings. The molecule has 1 unspecified atom stereocenters. The van der Waals surface area contributed by atoms with Gasteiger partial charge in [-0.15, -0.1) is 0 Å². The van der Waals surface area contributed by atoms with E-state index in [2.05, 4.69) is 29.2 Å². The first-order chi connectivity index (χ1) is 15.6. The average Bonchev–Trinajstić information content (AvgIpc) is 3.41. The summed E-state index contributed by atoms with van der Waals surface area (Å²) in [5, 5.41) is 0. The molecule has 0 aromatic heterocycles. The normalized spacial score (nSPS) is 30.4. The molecule has 0 bridgehead atoms. The third-order valence-electron chi connectivity index (χ3n) is 9.23. The molecule has 0 N–H and O–H groups in total. The first kappa shape index (κ1) is 21.1. The predicted molar refractivity (Wildman–Crippen MR) is 123 cm³/mol. The fraction of sp³-hybridized carbons (Fsp3) is 0.741. The van der Waals surface area contributed by atoms with Crippen LogP contribution in [0.25, 0.3) is 0 Å². The van der Waals surface area contributed by atoms with Crippen molar-refractivity contribution in [3.63, 3.8) is 0 Å². The number of amides is 1. The second-order valence-electron chi connectivity index (χ2n) is 11.3. The summed E-state index contributed by atoms with van der Waals surface area (Å²) >= 11 is 0. The first-order valence-electron chi connectivity index (χ1n) is 12.9. The van der Waals surface area contributed by atoms with Gasteiger partial charge >= 0.3 is 0 Å². The molecular formula is C27H37FN2O2. The van der Waals surface area contributed by atoms with E-state index < -0.39 is 5.67 Å². The third kappa shape index (κ3) is 3.79. The van der Waals surface area contributed by atoms with Crippen molar-refractivity contribution in [2.45, 2.75) is 81.3 Å². The Morgan fingerprint density at radius 2 is 1.53 bits per heavy atom. The number of rotatable bonds is 4. The molecule has 2 saturated carbocycles. The number of hydrogen-bond donors (Lipinski definition) is 0. The van der Waals surface area contributed by atoms with Gasteiger partial charge < -0.3 is 14.5 Å². The van der Waals surface area contributed by atoms with E-state index in [1.165, 1.54) is 45.2 Å². The van der Waals surface area contributed by atoms with Crippen LogP contribution in [0.3, 0.4) is 0 Å². The molecule has 5 fully saturated rings. The predicted octanol–water partition coefficient (Wildman–Crippen LogP) is 4.64. The molecule has 3 saturated heterocycles. The summed E-state index contributed by atoms with van der Waals surface area (Å²) in [7, 11) is 0. The smallest absolute Gasteiger partial charge is 0.260 e. The summed E-state index contributed by atoms with van der Waals surface area (Å²) in [6.45, 7) is 5.76. The van der Waals surface area contributed by atoms with Gasteiger partial charge in [-0.25, -0.2) is 4.39 Å². The lowest BCUT2D eigenvalue weighted by atomic mass is 9.77. The van der Waals surface area contributed by atoms with E-state index in [1.54, 1.807) is 16.0 Å². The summed E-state index contributed by atoms with van der Waals surface area (Å²) in [6, 6.07) is 9.83. The van der Waals surface area contributed by atoms with Crippen LogP contribution in [0.5, 0.6) is 0 Å². The quantitative estimate of drug-likeness (QED) is 0.684. The van der Waals surface area contributed by atoms with Crippen LogP contribution in [0, 0.1) is 5.41 Å². The highest BCUT2D eigenvalue weighted by Gasteiger charge is 2.58. The maximum atomic E-state index is 14.1. The van der Waals surface area contributed by atoms with Crippen molar-refractivity contribution in [2.75, 3.05) is 39.4 Å². The molecule has 32 heavy (non-hydrogen) atoms. The van der Waals surface area contributed by atoms with Gasteiger partial charge in [-0.05, 0) is 93.8 Å². The van der Waals surface area contributed by atoms with Crippen molar-refractivity contribution in [1.29, 1.82) is 0 Å². The van der Waals surface area contributed by atoms with E-state index in [-0.39, 0.29) is 11.3 Å². The number of alkyl halides is 1. The number of hydrogen-bond acceptors (Lipinski definition) is 3. The standard InChI is InChI=1S/C27H37FN2O2/c28-27(11-12-27)25(31)30-18-26(19-30)10-5-22(17-26)29-13-6-20(7-14-29)23-3-1-2-4-24(23)21-8-15-32-16-9-21/h1-4,20-22H,5-19H2. The lowest BCUT2D eigenvalue weighted by molar-refractivity contribution is -0.150. The lowest BCUT2D eigenvalue weighted by Crippen LogP contribution is -2.60. The van der Waals surface area contributed by atoms with Crippen LogP contribution in [0.2, 0.25) is 0 Å². The molecule has 4 nitrogen and oxygen atoms in total. The van der Waals surface area contributed by atoms with Crippen molar-refractivity contribution >= 4 is 5.91 Å². The van der Waals surface area contributed by atoms with E-state index in [0.717, 1.165) is 39.1 Å². The monoisotopic (exact) mass is 440 g/mol. The van der Waals surface area contributed by atoms with Crippen molar-refractivity contribution in [3.8, 4) is 0 Å². The minimum atomic E-state index is -1.50. The molecular weight excluding hydrogens is 403 g/mol. The Balaban J connectivity index is 1.04. The number of nitrogens with zero attached hydrogens (tertiary/aromatic N) is 2. The molecule has 1 atom stereocenters. The summed E-state index contributed by atoms with van der Waals surface area (Å²) in [5.74, 6) is 1.11. The molecule has 3 heterocycles. The zero-order chi connectivity index (χ0) is 21.8. The molecule has 2 aliphatic carbocycles. The summed E-state index contributed by atoms with van der Waals surface area (Å²) in [6.07, 6.45) is 9.32. The van der Waals surface area contributed by atoms with Gasteiger partial charge in [0.25, 0.3) is 5.91 Å². The van der Waals surface area contributed by atoms with Crippen LogP contribution in [-0.4, -0.2) is 66.8 Å². The summed E-state index contributed by atoms with van der Waals surface area (Å²) in [5.41, 5.74) is 1.95. The van der Waals surface area contributed by atoms with Crippen LogP contribution in [0.4, 0.5) is 4.39 Å². The fourth-order valence-corrected chi connectivity index (χ4v) is 7.13. The Morgan fingerprint density at radius 1 is 0.906 bits per heavy atom. The van der Waals surface area contributed by atoms with E-state index in [1.807, 2.05) is 0 Å². The Hall–Kier alpha value is -1.46. The van der Waals surface area contributed by atoms with Crippen LogP contribution in [0.15, 0.2) is 24.3 Å². The number of carbonyl (C=O) groups is 1. The van der Waals surface area contributed by atoms with Crippen molar-refractivity contribution < 1.29 is 13.9 Å². The maximum absolute atomic E-state index is 14.1. The number of piperidine rings is 1. The Kier molecular flexibility index (Phi) is 5.33. The Labute approximate surface area is 191 Å². The average molecular weight is 441 g/mol. The van der Waals surface area contributed by atoms with Gasteiger partial charge in [0.05, 0.1) is 0 Å².